The first-order valence-electron chi connectivity index (χ1n) is 19.8. The van der Waals surface area contributed by atoms with E-state index in [4.69, 9.17) is 18.1 Å². The second kappa shape index (κ2) is 26.9. The molecule has 5 rings (SSSR count). The fraction of sp³-hybridized carbons (Fsp3) is 0.683. The molecule has 1 aliphatic heterocycles. The number of rotatable bonds is 12. The van der Waals surface area contributed by atoms with Crippen molar-refractivity contribution in [3.8, 4) is 11.5 Å². The first kappa shape index (κ1) is 55.6. The highest BCUT2D eigenvalue weighted by Crippen LogP contribution is 2.42. The fourth-order valence-corrected chi connectivity index (χ4v) is 9.83. The predicted octanol–water partition coefficient (Wildman–Crippen LogP) is 13.7. The van der Waals surface area contributed by atoms with Crippen molar-refractivity contribution in [2.45, 2.75) is 142 Å². The minimum Gasteiger partial charge on any atom is -0.741 e. The van der Waals surface area contributed by atoms with Crippen LogP contribution in [0.25, 0.3) is 0 Å². The summed E-state index contributed by atoms with van der Waals surface area (Å²) in [5.41, 5.74) is -5.65. The van der Waals surface area contributed by atoms with Gasteiger partial charge in [0.15, 0.2) is 62.1 Å². The summed E-state index contributed by atoms with van der Waals surface area (Å²) in [6.07, 6.45) is 16.2. The van der Waals surface area contributed by atoms with Gasteiger partial charge in [0.2, 0.25) is 4.20 Å². The van der Waals surface area contributed by atoms with Crippen LogP contribution in [0.5, 0.6) is 11.5 Å². The molecule has 3 aliphatic rings. The molecule has 0 atom stereocenters. The van der Waals surface area contributed by atoms with Crippen LogP contribution in [-0.4, -0.2) is 45.4 Å². The molecule has 2 saturated carbocycles. The van der Waals surface area contributed by atoms with Gasteiger partial charge in [-0.25, -0.2) is 34.8 Å². The van der Waals surface area contributed by atoms with Gasteiger partial charge in [0.05, 0.1) is 5.92 Å². The van der Waals surface area contributed by atoms with Gasteiger partial charge in [-0.2, -0.15) is 22.0 Å². The predicted molar refractivity (Wildman–Crippen MR) is 216 cm³/mol. The molecule has 0 radical (unpaired) electrons. The van der Waals surface area contributed by atoms with Crippen LogP contribution in [0, 0.1) is 58.6 Å². The van der Waals surface area contributed by atoms with Gasteiger partial charge in [0.1, 0.15) is 11.5 Å². The third-order valence-electron chi connectivity index (χ3n) is 10.2. The van der Waals surface area contributed by atoms with E-state index in [0.29, 0.717) is 55.9 Å². The molecule has 0 spiro atoms. The number of hydrogen-bond donors (Lipinski definition) is 1. The molecule has 0 aromatic heterocycles. The third-order valence-corrected chi connectivity index (χ3v) is 13.7. The van der Waals surface area contributed by atoms with E-state index in [1.54, 1.807) is 4.20 Å². The quantitative estimate of drug-likeness (QED) is 0.0434. The average molecular weight is 935 g/mol. The van der Waals surface area contributed by atoms with Crippen molar-refractivity contribution in [3.05, 3.63) is 59.2 Å². The van der Waals surface area contributed by atoms with Gasteiger partial charge in [-0.15, -0.1) is 0 Å². The topological polar surface area (TPSA) is 86.7 Å². The average Bonchev–Trinajstić information content (AvgIpc) is 3.17. The fourth-order valence-electron chi connectivity index (χ4n) is 6.90. The van der Waals surface area contributed by atoms with E-state index >= 15 is 0 Å². The van der Waals surface area contributed by atoms with Gasteiger partial charge >= 0.3 is 11.6 Å². The van der Waals surface area contributed by atoms with Crippen LogP contribution < -0.4 is 4.74 Å². The number of aromatic hydroxyl groups is 1. The zero-order valence-corrected chi connectivity index (χ0v) is 35.5. The van der Waals surface area contributed by atoms with Gasteiger partial charge < -0.3 is 14.4 Å². The molecule has 60 heavy (non-hydrogen) atoms. The Labute approximate surface area is 355 Å². The summed E-state index contributed by atoms with van der Waals surface area (Å²) in [4.78, 5) is 0. The molecule has 0 bridgehead atoms. The highest BCUT2D eigenvalue weighted by molar-refractivity contribution is 8.23. The lowest BCUT2D eigenvalue weighted by Gasteiger charge is -2.33. The Bertz CT molecular complexity index is 1650. The summed E-state index contributed by atoms with van der Waals surface area (Å²) < 4.78 is 169. The molecular formula is C41H57F11O5S3. The van der Waals surface area contributed by atoms with Crippen molar-refractivity contribution in [1.82, 2.24) is 0 Å². The van der Waals surface area contributed by atoms with Crippen LogP contribution in [-0.2, 0) is 21.5 Å². The van der Waals surface area contributed by atoms with Crippen molar-refractivity contribution in [2.75, 3.05) is 11.5 Å². The summed E-state index contributed by atoms with van der Waals surface area (Å²) in [5.74, 6) is -6.17. The maximum Gasteiger partial charge on any atom is 0.485 e. The lowest BCUT2D eigenvalue weighted by molar-refractivity contribution is -0.223. The Balaban J connectivity index is 0.000000434. The van der Waals surface area contributed by atoms with Crippen molar-refractivity contribution in [1.29, 1.82) is 0 Å². The number of alkyl halides is 5. The molecule has 0 saturated heterocycles. The summed E-state index contributed by atoms with van der Waals surface area (Å²) in [5, 5.41) is 8.47. The highest BCUT2D eigenvalue weighted by Gasteiger charge is 2.44. The number of hydrogen-bond acceptors (Lipinski definition) is 6. The molecule has 2 fully saturated rings. The number of unbranched alkanes of at least 4 members (excludes halogenated alkanes) is 4. The van der Waals surface area contributed by atoms with Gasteiger partial charge in [-0.05, 0) is 63.2 Å². The number of thioether (sulfide) groups is 1. The van der Waals surface area contributed by atoms with Gasteiger partial charge in [0, 0.05) is 42.4 Å². The molecule has 346 valence electrons. The molecule has 5 nitrogen and oxygen atoms in total. The zero-order valence-electron chi connectivity index (χ0n) is 33.0. The number of halogens is 11. The monoisotopic (exact) mass is 934 g/mol. The minimum atomic E-state index is -6.09. The maximum atomic E-state index is 14.2. The SMILES string of the molecule is C.CCCCCC1CCC(C(F)(F)Oc2cc(F)c(F)c(F)c2)CC1.CCCCCC1CCC(C2=[S+]CCCS2)CC1.O=S(=O)([O-])C(F)(F)F.Oc1cc(F)c(F)c(F)c1. The summed E-state index contributed by atoms with van der Waals surface area (Å²) in [6.45, 7) is 4.43. The minimum absolute atomic E-state index is 0. The van der Waals surface area contributed by atoms with Crippen LogP contribution in [0.4, 0.5) is 48.3 Å². The zero-order chi connectivity index (χ0) is 44.4. The number of phenolic OH excluding ortho intramolecular Hbond substituents is 1. The number of ether oxygens (including phenoxy) is 1. The van der Waals surface area contributed by atoms with Crippen LogP contribution in [0.2, 0.25) is 0 Å². The Morgan fingerprint density at radius 2 is 1.15 bits per heavy atom. The van der Waals surface area contributed by atoms with Crippen molar-refractivity contribution < 1.29 is 71.1 Å². The molecule has 19 heteroatoms. The summed E-state index contributed by atoms with van der Waals surface area (Å²) in [7, 11) is -6.09. The Kier molecular flexibility index (Phi) is 25.0. The second-order valence-corrected chi connectivity index (χ2v) is 18.7. The normalized spacial score (nSPS) is 20.7. The lowest BCUT2D eigenvalue weighted by Crippen LogP contribution is -2.37. The van der Waals surface area contributed by atoms with Gasteiger partial charge in [-0.1, -0.05) is 84.4 Å². The molecule has 0 unspecified atom stereocenters. The molecule has 2 aliphatic carbocycles. The summed E-state index contributed by atoms with van der Waals surface area (Å²) in [6, 6.07) is 1.89. The maximum absolute atomic E-state index is 14.2. The van der Waals surface area contributed by atoms with Crippen LogP contribution in [0.3, 0.4) is 0 Å². The van der Waals surface area contributed by atoms with E-state index < -0.39 is 74.1 Å². The lowest BCUT2D eigenvalue weighted by atomic mass is 9.79. The third kappa shape index (κ3) is 19.8. The first-order valence-corrected chi connectivity index (χ1v) is 23.2. The van der Waals surface area contributed by atoms with E-state index in [9.17, 15) is 48.3 Å². The van der Waals surface area contributed by atoms with E-state index in [1.807, 2.05) is 0 Å². The molecule has 1 N–H and O–H groups in total. The molecule has 1 heterocycles. The van der Waals surface area contributed by atoms with Crippen molar-refractivity contribution >= 4 is 37.4 Å². The Morgan fingerprint density at radius 3 is 1.53 bits per heavy atom. The molecule has 2 aromatic rings. The standard InChI is InChI=1S/C18H23F5O.C15H27S2.C6H3F3O.CHF3O3S.CH4/c1-2-3-4-5-12-6-8-13(9-7-12)18(22,23)24-14-10-15(19)17(21)16(20)11-14;1-2-3-4-6-13-7-9-14(10-8-13)15-16-11-5-12-17-15;7-4-1-3(10)2-5(8)6(4)9;2-1(3,4)8(5,6)7;/h10-13H,2-9H2,1H3;13-14H,2-12H2,1H3;1-2,10H;(H,5,6,7);1H4/q;+1;;;/p-1. The van der Waals surface area contributed by atoms with Crippen LogP contribution >= 0.6 is 11.8 Å². The van der Waals surface area contributed by atoms with Crippen LogP contribution in [0.15, 0.2) is 24.3 Å². The van der Waals surface area contributed by atoms with Crippen LogP contribution in [0.1, 0.15) is 130 Å². The van der Waals surface area contributed by atoms with E-state index in [2.05, 4.69) is 41.7 Å². The van der Waals surface area contributed by atoms with E-state index in [-0.39, 0.29) is 7.43 Å². The second-order valence-electron chi connectivity index (χ2n) is 14.8. The summed E-state index contributed by atoms with van der Waals surface area (Å²) >= 11 is 4.34. The van der Waals surface area contributed by atoms with Gasteiger partial charge in [-0.3, -0.25) is 0 Å². The number of phenols is 1. The van der Waals surface area contributed by atoms with E-state index in [1.165, 1.54) is 69.3 Å². The highest BCUT2D eigenvalue weighted by atomic mass is 32.2. The molecule has 0 amide bonds. The van der Waals surface area contributed by atoms with Crippen molar-refractivity contribution in [2.24, 2.45) is 23.7 Å². The van der Waals surface area contributed by atoms with Crippen molar-refractivity contribution in [3.63, 3.8) is 0 Å². The molecular weight excluding hydrogens is 878 g/mol. The number of benzene rings is 2. The first-order chi connectivity index (χ1) is 27.6. The largest absolute Gasteiger partial charge is 0.741 e. The molecule has 2 aromatic carbocycles. The van der Waals surface area contributed by atoms with Gasteiger partial charge in [0.25, 0.3) is 0 Å². The Morgan fingerprint density at radius 1 is 0.733 bits per heavy atom. The Hall–Kier alpha value is -2.38. The smallest absolute Gasteiger partial charge is 0.485 e. The van der Waals surface area contributed by atoms with E-state index in [0.717, 1.165) is 37.5 Å².